The van der Waals surface area contributed by atoms with Crippen LogP contribution in [0.4, 0.5) is 5.13 Å². The van der Waals surface area contributed by atoms with Gasteiger partial charge in [-0.15, -0.1) is 11.3 Å². The van der Waals surface area contributed by atoms with E-state index >= 15 is 0 Å². The highest BCUT2D eigenvalue weighted by Crippen LogP contribution is 2.26. The molecule has 0 saturated heterocycles. The lowest BCUT2D eigenvalue weighted by Gasteiger charge is -2.14. The number of aliphatic hydroxyl groups excluding tert-OH is 1. The molecule has 3 aromatic carbocycles. The minimum absolute atomic E-state index is 0.101. The van der Waals surface area contributed by atoms with E-state index in [2.05, 4.69) is 46.7 Å². The van der Waals surface area contributed by atoms with Crippen molar-refractivity contribution in [1.29, 1.82) is 0 Å². The monoisotopic (exact) mass is 498 g/mol. The average molecular weight is 499 g/mol. The number of hydrogen-bond donors (Lipinski definition) is 2. The highest BCUT2D eigenvalue weighted by atomic mass is 32.1. The van der Waals surface area contributed by atoms with Gasteiger partial charge in [0, 0.05) is 41.6 Å². The number of nitrogens with zero attached hydrogens (tertiary/aromatic N) is 1. The van der Waals surface area contributed by atoms with Crippen molar-refractivity contribution in [3.05, 3.63) is 111 Å². The van der Waals surface area contributed by atoms with Crippen molar-refractivity contribution in [2.45, 2.75) is 19.4 Å². The third-order valence-corrected chi connectivity index (χ3v) is 6.80. The van der Waals surface area contributed by atoms with Crippen LogP contribution >= 0.6 is 11.3 Å². The summed E-state index contributed by atoms with van der Waals surface area (Å²) in [5.74, 6) is 0.530. The Labute approximate surface area is 212 Å². The summed E-state index contributed by atoms with van der Waals surface area (Å²) >= 11 is 1.47. The zero-order valence-electron chi connectivity index (χ0n) is 19.8. The number of hydrogen-bond acceptors (Lipinski definition) is 7. The Morgan fingerprint density at radius 3 is 2.58 bits per heavy atom. The lowest BCUT2D eigenvalue weighted by atomic mass is 9.97. The third-order valence-electron chi connectivity index (χ3n) is 6.06. The summed E-state index contributed by atoms with van der Waals surface area (Å²) in [6.45, 7) is 2.37. The summed E-state index contributed by atoms with van der Waals surface area (Å²) < 4.78 is 11.4. The van der Waals surface area contributed by atoms with Crippen molar-refractivity contribution < 1.29 is 14.3 Å². The number of benzene rings is 3. The average Bonchev–Trinajstić information content (AvgIpc) is 3.43. The Morgan fingerprint density at radius 2 is 1.83 bits per heavy atom. The van der Waals surface area contributed by atoms with Gasteiger partial charge in [0.05, 0.1) is 0 Å². The van der Waals surface area contributed by atoms with E-state index in [4.69, 9.17) is 9.15 Å². The van der Waals surface area contributed by atoms with Gasteiger partial charge in [0.25, 0.3) is 0 Å². The molecule has 0 saturated carbocycles. The topological polar surface area (TPSA) is 84.6 Å². The summed E-state index contributed by atoms with van der Waals surface area (Å²) in [7, 11) is 0. The number of aryl methyl sites for hydroxylation is 1. The molecule has 2 heterocycles. The molecule has 0 spiro atoms. The molecule has 0 bridgehead atoms. The Bertz CT molecular complexity index is 1500. The Kier molecular flexibility index (Phi) is 7.11. The highest BCUT2D eigenvalue weighted by molar-refractivity contribution is 7.13. The van der Waals surface area contributed by atoms with Crippen molar-refractivity contribution in [3.8, 4) is 16.9 Å². The van der Waals surface area contributed by atoms with Gasteiger partial charge in [-0.05, 0) is 41.3 Å². The van der Waals surface area contributed by atoms with Crippen molar-refractivity contribution in [2.75, 3.05) is 18.5 Å². The molecule has 0 aliphatic rings. The maximum Gasteiger partial charge on any atom is 0.340 e. The molecular weight excluding hydrogens is 472 g/mol. The van der Waals surface area contributed by atoms with E-state index in [-0.39, 0.29) is 12.2 Å². The van der Waals surface area contributed by atoms with Crippen molar-refractivity contribution in [3.63, 3.8) is 0 Å². The summed E-state index contributed by atoms with van der Waals surface area (Å²) in [5.41, 5.74) is 5.00. The molecule has 0 aliphatic carbocycles. The molecule has 2 aromatic heterocycles. The second-order valence-electron chi connectivity index (χ2n) is 8.57. The zero-order valence-corrected chi connectivity index (χ0v) is 20.6. The molecule has 182 valence electrons. The van der Waals surface area contributed by atoms with Gasteiger partial charge in [-0.25, -0.2) is 9.78 Å². The number of rotatable bonds is 9. The van der Waals surface area contributed by atoms with Crippen LogP contribution in [0.25, 0.3) is 22.1 Å². The first kappa shape index (κ1) is 23.8. The predicted molar refractivity (Wildman–Crippen MR) is 144 cm³/mol. The van der Waals surface area contributed by atoms with E-state index in [1.54, 1.807) is 12.3 Å². The number of thiazole rings is 1. The fourth-order valence-corrected chi connectivity index (χ4v) is 4.62. The van der Waals surface area contributed by atoms with Gasteiger partial charge >= 0.3 is 5.63 Å². The first-order chi connectivity index (χ1) is 17.6. The maximum atomic E-state index is 12.9. The Hall–Kier alpha value is -3.94. The van der Waals surface area contributed by atoms with Crippen LogP contribution in [0.15, 0.2) is 93.6 Å². The second-order valence-corrected chi connectivity index (χ2v) is 9.47. The summed E-state index contributed by atoms with van der Waals surface area (Å²) in [5, 5.41) is 16.7. The largest absolute Gasteiger partial charge is 0.491 e. The molecule has 0 radical (unpaired) electrons. The number of anilines is 1. The molecule has 5 rings (SSSR count). The van der Waals surface area contributed by atoms with Gasteiger partial charge in [0.2, 0.25) is 0 Å². The molecule has 1 unspecified atom stereocenters. The number of fused-ring (bicyclic) bond motifs is 1. The zero-order chi connectivity index (χ0) is 24.9. The van der Waals surface area contributed by atoms with Gasteiger partial charge in [0.1, 0.15) is 24.0 Å². The van der Waals surface area contributed by atoms with Crippen LogP contribution in [0.1, 0.15) is 16.7 Å². The van der Waals surface area contributed by atoms with E-state index in [9.17, 15) is 9.90 Å². The molecule has 5 aromatic rings. The van der Waals surface area contributed by atoms with Crippen LogP contribution in [-0.2, 0) is 6.42 Å². The molecule has 0 fully saturated rings. The molecule has 0 aliphatic heterocycles. The summed E-state index contributed by atoms with van der Waals surface area (Å²) in [4.78, 5) is 17.0. The fraction of sp³-hybridized carbons (Fsp3) is 0.172. The van der Waals surface area contributed by atoms with Crippen LogP contribution in [0.5, 0.6) is 5.75 Å². The lowest BCUT2D eigenvalue weighted by molar-refractivity contribution is 0.117. The number of aromatic nitrogens is 1. The lowest BCUT2D eigenvalue weighted by Crippen LogP contribution is -2.26. The standard InChI is InChI=1S/C29H26N2O4S/c1-19-25-12-11-24(34-18-23(32)17-31-29-30-13-14-36-29)16-27(25)35-28(33)26(19)15-20-7-9-22(10-8-20)21-5-3-2-4-6-21/h2-14,16,23,32H,15,17-18H2,1H3,(H,30,31). The van der Waals surface area contributed by atoms with Crippen molar-refractivity contribution in [1.82, 2.24) is 4.98 Å². The molecule has 36 heavy (non-hydrogen) atoms. The smallest absolute Gasteiger partial charge is 0.340 e. The predicted octanol–water partition coefficient (Wildman–Crippen LogP) is 5.67. The SMILES string of the molecule is Cc1c(Cc2ccc(-c3ccccc3)cc2)c(=O)oc2cc(OCC(O)CNc3nccs3)ccc12. The fourth-order valence-electron chi connectivity index (χ4n) is 4.09. The second kappa shape index (κ2) is 10.8. The number of ether oxygens (including phenoxy) is 1. The first-order valence-electron chi connectivity index (χ1n) is 11.7. The number of aliphatic hydroxyl groups is 1. The minimum Gasteiger partial charge on any atom is -0.491 e. The Balaban J connectivity index is 1.27. The van der Waals surface area contributed by atoms with E-state index in [1.807, 2.05) is 42.6 Å². The van der Waals surface area contributed by atoms with Gasteiger partial charge in [-0.2, -0.15) is 0 Å². The van der Waals surface area contributed by atoms with E-state index in [0.29, 0.717) is 29.9 Å². The van der Waals surface area contributed by atoms with E-state index in [1.165, 1.54) is 11.3 Å². The Morgan fingerprint density at radius 1 is 1.06 bits per heavy atom. The van der Waals surface area contributed by atoms with Gasteiger partial charge < -0.3 is 19.6 Å². The highest BCUT2D eigenvalue weighted by Gasteiger charge is 2.14. The van der Waals surface area contributed by atoms with Gasteiger partial charge in [0.15, 0.2) is 5.13 Å². The normalized spacial score (nSPS) is 11.9. The van der Waals surface area contributed by atoms with Crippen molar-refractivity contribution in [2.24, 2.45) is 0 Å². The first-order valence-corrected chi connectivity index (χ1v) is 12.6. The minimum atomic E-state index is -0.714. The van der Waals surface area contributed by atoms with E-state index < -0.39 is 6.10 Å². The van der Waals surface area contributed by atoms with Crippen molar-refractivity contribution >= 4 is 27.4 Å². The molecule has 2 N–H and O–H groups in total. The molecule has 6 nitrogen and oxygen atoms in total. The van der Waals surface area contributed by atoms with Gasteiger partial charge in [-0.1, -0.05) is 54.6 Å². The van der Waals surface area contributed by atoms with Crippen LogP contribution in [0.3, 0.4) is 0 Å². The van der Waals surface area contributed by atoms with Crippen LogP contribution in [0, 0.1) is 6.92 Å². The quantitative estimate of drug-likeness (QED) is 0.255. The molecule has 1 atom stereocenters. The molecule has 0 amide bonds. The summed E-state index contributed by atoms with van der Waals surface area (Å²) in [6.07, 6.45) is 1.48. The summed E-state index contributed by atoms with van der Waals surface area (Å²) in [6, 6.07) is 23.9. The molecule has 7 heteroatoms. The maximum absolute atomic E-state index is 12.9. The van der Waals surface area contributed by atoms with Crippen LogP contribution in [-0.4, -0.2) is 29.3 Å². The number of nitrogens with one attached hydrogen (secondary N) is 1. The molecular formula is C29H26N2O4S. The van der Waals surface area contributed by atoms with E-state index in [0.717, 1.165) is 32.8 Å². The van der Waals surface area contributed by atoms with Gasteiger partial charge in [-0.3, -0.25) is 0 Å². The third kappa shape index (κ3) is 5.48. The van der Waals surface area contributed by atoms with Crippen LogP contribution < -0.4 is 15.7 Å². The van der Waals surface area contributed by atoms with Crippen LogP contribution in [0.2, 0.25) is 0 Å².